The van der Waals surface area contributed by atoms with E-state index in [-0.39, 0.29) is 54.4 Å². The number of rotatable bonds is 11. The van der Waals surface area contributed by atoms with Crippen LogP contribution in [0.3, 0.4) is 0 Å². The zero-order valence-electron chi connectivity index (χ0n) is 37.6. The molecule has 8 atom stereocenters. The lowest BCUT2D eigenvalue weighted by Gasteiger charge is -2.45. The van der Waals surface area contributed by atoms with Crippen LogP contribution in [0.25, 0.3) is 0 Å². The van der Waals surface area contributed by atoms with E-state index in [0.717, 1.165) is 60.8 Å². The van der Waals surface area contributed by atoms with Crippen LogP contribution in [0.1, 0.15) is 121 Å². The van der Waals surface area contributed by atoms with Crippen LogP contribution in [0, 0.1) is 11.8 Å². The molecule has 0 bridgehead atoms. The molecule has 322 valence electrons. The molecule has 6 aliphatic rings. The fourth-order valence-electron chi connectivity index (χ4n) is 8.99. The van der Waals surface area contributed by atoms with Gasteiger partial charge in [0.25, 0.3) is 0 Å². The lowest BCUT2D eigenvalue weighted by Crippen LogP contribution is -2.49. The molecular formula is C51H70O8. The van der Waals surface area contributed by atoms with E-state index in [9.17, 15) is 14.7 Å². The summed E-state index contributed by atoms with van der Waals surface area (Å²) in [6.07, 6.45) is 26.9. The molecule has 0 amide bonds. The highest BCUT2D eigenvalue weighted by atomic mass is 16.7. The summed E-state index contributed by atoms with van der Waals surface area (Å²) in [4.78, 5) is 24.4. The van der Waals surface area contributed by atoms with Crippen LogP contribution < -0.4 is 0 Å². The van der Waals surface area contributed by atoms with Crippen LogP contribution in [0.2, 0.25) is 0 Å². The number of methoxy groups -OCH3 is 1. The number of hydrogen-bond donors (Lipinski definition) is 1. The van der Waals surface area contributed by atoms with E-state index in [1.807, 2.05) is 44.2 Å². The maximum Gasteiger partial charge on any atom is 0.209 e. The molecule has 0 radical (unpaired) electrons. The molecule has 2 spiro atoms. The molecular weight excluding hydrogens is 741 g/mol. The second kappa shape index (κ2) is 20.4. The van der Waals surface area contributed by atoms with Crippen molar-refractivity contribution in [3.8, 4) is 0 Å². The predicted octanol–water partition coefficient (Wildman–Crippen LogP) is 10.6. The number of allylic oxidation sites excluding steroid dienone is 8. The van der Waals surface area contributed by atoms with E-state index in [1.54, 1.807) is 7.11 Å². The summed E-state index contributed by atoms with van der Waals surface area (Å²) >= 11 is 0. The molecule has 59 heavy (non-hydrogen) atoms. The number of fused-ring (bicyclic) bond motifs is 2. The fraction of sp³-hybridized carbons (Fsp3) is 0.569. The van der Waals surface area contributed by atoms with Gasteiger partial charge in [-0.25, -0.2) is 0 Å². The standard InChI is InChI=1S/C26H36O4.C25H34O4/c1-17(2)8-7-9-18(3)10-22-11-19(4)14-26(29-22)15-21(16-28-6)23-13-24(27)20(5)12-25(23)30-26;1-16(2)7-6-8-17(3)9-21-10-18(4)13-25(28-21)14-20(15-26)22-12-23(27)19(5)11-24(22)29-25/h8,10,12,14-15,22-23,25H,7,9,11,13,16H2,1-6H3;7,9,11,13-14,21-22,24,26H,6,8,10,12,15H2,1-5H3/b18-10+;17-9+/t22-,23-,25-,26+;21-,22-,24-,25+/m00/s1. The Morgan fingerprint density at radius 3 is 1.49 bits per heavy atom. The fourth-order valence-corrected chi connectivity index (χ4v) is 8.99. The van der Waals surface area contributed by atoms with Gasteiger partial charge in [0.1, 0.15) is 0 Å². The third-order valence-electron chi connectivity index (χ3n) is 11.9. The molecule has 0 saturated heterocycles. The molecule has 8 heteroatoms. The average Bonchev–Trinajstić information content (AvgIpc) is 3.12. The van der Waals surface area contributed by atoms with Gasteiger partial charge in [-0.05, 0) is 167 Å². The van der Waals surface area contributed by atoms with Crippen LogP contribution in [0.4, 0.5) is 0 Å². The third kappa shape index (κ3) is 12.5. The quantitative estimate of drug-likeness (QED) is 0.206. The molecule has 1 N–H and O–H groups in total. The van der Waals surface area contributed by atoms with Crippen LogP contribution in [-0.2, 0) is 33.3 Å². The van der Waals surface area contributed by atoms with E-state index in [1.165, 1.54) is 33.4 Å². The Bertz CT molecular complexity index is 1900. The summed E-state index contributed by atoms with van der Waals surface area (Å²) in [5.74, 6) is -1.68. The number of hydrogen-bond acceptors (Lipinski definition) is 8. The van der Waals surface area contributed by atoms with E-state index < -0.39 is 11.6 Å². The van der Waals surface area contributed by atoms with Crippen molar-refractivity contribution in [2.24, 2.45) is 11.8 Å². The monoisotopic (exact) mass is 811 g/mol. The highest BCUT2D eigenvalue weighted by Gasteiger charge is 2.47. The second-order valence-corrected chi connectivity index (χ2v) is 18.2. The van der Waals surface area contributed by atoms with Crippen LogP contribution in [-0.4, -0.2) is 73.0 Å². The van der Waals surface area contributed by atoms with Gasteiger partial charge in [0.2, 0.25) is 11.6 Å². The van der Waals surface area contributed by atoms with Crippen molar-refractivity contribution in [1.29, 1.82) is 0 Å². The highest BCUT2D eigenvalue weighted by molar-refractivity contribution is 5.96. The Morgan fingerprint density at radius 1 is 0.661 bits per heavy atom. The summed E-state index contributed by atoms with van der Waals surface area (Å²) in [5, 5.41) is 9.97. The predicted molar refractivity (Wildman–Crippen MR) is 235 cm³/mol. The largest absolute Gasteiger partial charge is 0.392 e. The molecule has 2 aliphatic carbocycles. The minimum atomic E-state index is -0.986. The van der Waals surface area contributed by atoms with Crippen molar-refractivity contribution in [3.05, 3.63) is 116 Å². The zero-order valence-corrected chi connectivity index (χ0v) is 37.6. The van der Waals surface area contributed by atoms with Gasteiger partial charge in [-0.1, -0.05) is 57.7 Å². The summed E-state index contributed by atoms with van der Waals surface area (Å²) in [6.45, 7) is 21.1. The molecule has 6 rings (SSSR count). The van der Waals surface area contributed by atoms with Crippen molar-refractivity contribution >= 4 is 11.6 Å². The number of carbonyl (C=O) groups excluding carboxylic acids is 2. The number of Topliss-reactive ketones (excluding diaryl/α,β-unsaturated/α-hetero) is 2. The van der Waals surface area contributed by atoms with Crippen LogP contribution >= 0.6 is 0 Å². The third-order valence-corrected chi connectivity index (χ3v) is 11.9. The lowest BCUT2D eigenvalue weighted by atomic mass is 9.79. The Morgan fingerprint density at radius 2 is 1.08 bits per heavy atom. The number of aliphatic hydroxyl groups excluding tert-OH is 1. The van der Waals surface area contributed by atoms with E-state index in [0.29, 0.717) is 19.4 Å². The van der Waals surface area contributed by atoms with Gasteiger partial charge in [0.05, 0.1) is 37.6 Å². The van der Waals surface area contributed by atoms with Gasteiger partial charge in [-0.2, -0.15) is 0 Å². The minimum absolute atomic E-state index is 0.0193. The lowest BCUT2D eigenvalue weighted by molar-refractivity contribution is -0.225. The first kappa shape index (κ1) is 46.6. The van der Waals surface area contributed by atoms with Gasteiger partial charge in [-0.15, -0.1) is 0 Å². The van der Waals surface area contributed by atoms with Crippen molar-refractivity contribution in [1.82, 2.24) is 0 Å². The van der Waals surface area contributed by atoms with Crippen LogP contribution in [0.15, 0.2) is 116 Å². The summed E-state index contributed by atoms with van der Waals surface area (Å²) in [6, 6.07) is 0. The van der Waals surface area contributed by atoms with Gasteiger partial charge < -0.3 is 28.8 Å². The molecule has 0 fully saturated rings. The molecule has 4 heterocycles. The Balaban J connectivity index is 0.000000224. The Hall–Kier alpha value is -3.50. The van der Waals surface area contributed by atoms with Crippen molar-refractivity contribution < 1.29 is 38.4 Å². The van der Waals surface area contributed by atoms with E-state index in [4.69, 9.17) is 23.7 Å². The van der Waals surface area contributed by atoms with E-state index in [2.05, 4.69) is 85.8 Å². The zero-order chi connectivity index (χ0) is 43.1. The first-order chi connectivity index (χ1) is 27.9. The second-order valence-electron chi connectivity index (χ2n) is 18.2. The molecule has 0 aromatic carbocycles. The first-order valence-corrected chi connectivity index (χ1v) is 21.6. The number of ether oxygens (including phenoxy) is 5. The van der Waals surface area contributed by atoms with Gasteiger partial charge >= 0.3 is 0 Å². The summed E-state index contributed by atoms with van der Waals surface area (Å²) in [5.41, 5.74) is 11.2. The molecule has 8 nitrogen and oxygen atoms in total. The van der Waals surface area contributed by atoms with Crippen molar-refractivity contribution in [3.63, 3.8) is 0 Å². The topological polar surface area (TPSA) is 101 Å². The number of ketones is 2. The Kier molecular flexibility index (Phi) is 16.1. The molecule has 4 aliphatic heterocycles. The van der Waals surface area contributed by atoms with Gasteiger partial charge in [0.15, 0.2) is 11.6 Å². The SMILES string of the molecule is CC(C)=CCC/C(C)=C/[C@H]1CC(C)=C[C@@]2(C=C(CO)[C@@H]3CC(=O)C(C)=C[C@@H]3O2)O1.COCC1=C[C@@]2(C=C(C)C[C@H](/C=C(\C)CCC=C(C)C)O2)O[C@H]2C=C(C)C(=O)C[C@@H]12. The summed E-state index contributed by atoms with van der Waals surface area (Å²) in [7, 11) is 1.69. The molecule has 0 aromatic heterocycles. The average molecular weight is 811 g/mol. The number of aliphatic hydroxyl groups is 1. The van der Waals surface area contributed by atoms with Gasteiger partial charge in [0, 0.05) is 31.8 Å². The van der Waals surface area contributed by atoms with Gasteiger partial charge in [-0.3, -0.25) is 9.59 Å². The Labute approximate surface area is 354 Å². The van der Waals surface area contributed by atoms with Crippen LogP contribution in [0.5, 0.6) is 0 Å². The van der Waals surface area contributed by atoms with E-state index >= 15 is 0 Å². The molecule has 0 saturated carbocycles. The minimum Gasteiger partial charge on any atom is -0.392 e. The normalized spacial score (nSPS) is 32.0. The maximum atomic E-state index is 12.3. The molecule has 0 unspecified atom stereocenters. The summed E-state index contributed by atoms with van der Waals surface area (Å²) < 4.78 is 31.3. The van der Waals surface area contributed by atoms with Crippen molar-refractivity contribution in [2.75, 3.05) is 20.3 Å². The highest BCUT2D eigenvalue weighted by Crippen LogP contribution is 2.44. The molecule has 0 aromatic rings. The smallest absolute Gasteiger partial charge is 0.209 e. The van der Waals surface area contributed by atoms with Crippen molar-refractivity contribution in [2.45, 2.75) is 157 Å². The maximum absolute atomic E-state index is 12.3. The first-order valence-electron chi connectivity index (χ1n) is 21.6. The number of carbonyl (C=O) groups is 2.